The summed E-state index contributed by atoms with van der Waals surface area (Å²) in [5.41, 5.74) is 0.200. The Morgan fingerprint density at radius 3 is 2.50 bits per heavy atom. The fourth-order valence-corrected chi connectivity index (χ4v) is 3.53. The fraction of sp³-hybridized carbons (Fsp3) is 0.750. The zero-order valence-corrected chi connectivity index (χ0v) is 15.7. The number of carboxylic acid groups (broad SMARTS) is 1. The quantitative estimate of drug-likeness (QED) is 0.672. The van der Waals surface area contributed by atoms with Crippen LogP contribution < -0.4 is 5.32 Å². The number of likely N-dealkylation sites (tertiary alicyclic amines) is 1. The van der Waals surface area contributed by atoms with Gasteiger partial charge >= 0.3 is 6.09 Å². The second kappa shape index (κ2) is 6.44. The Hall–Kier alpha value is -1.47. The number of fused-ring (bicyclic) bond motifs is 1. The first-order valence-corrected chi connectivity index (χ1v) is 8.47. The van der Waals surface area contributed by atoms with Crippen molar-refractivity contribution in [2.45, 2.75) is 58.2 Å². The van der Waals surface area contributed by atoms with Crippen molar-refractivity contribution in [3.8, 4) is 0 Å². The van der Waals surface area contributed by atoms with Crippen LogP contribution in [0.1, 0.15) is 41.0 Å². The summed E-state index contributed by atoms with van der Waals surface area (Å²) in [5.74, 6) is 0.648. The SMILES string of the molecule is CC(C)(CO)NC1=C2CCN(C(=O)O)CC2N(C(C)(C)C)C(Cl)=N1. The topological polar surface area (TPSA) is 88.4 Å². The molecule has 8 heteroatoms. The standard InChI is InChI=1S/C16H27ClN4O3/c1-15(2,3)21-11-8-20(14(23)24)7-6-10(11)12(18-13(21)17)19-16(4,5)9-22/h11,19,22H,6-9H2,1-5H3,(H,23,24). The highest BCUT2D eigenvalue weighted by molar-refractivity contribution is 6.64. The van der Waals surface area contributed by atoms with Crippen LogP contribution >= 0.6 is 11.6 Å². The van der Waals surface area contributed by atoms with Crippen LogP contribution in [0.4, 0.5) is 4.79 Å². The van der Waals surface area contributed by atoms with E-state index >= 15 is 0 Å². The molecule has 3 N–H and O–H groups in total. The molecule has 0 spiro atoms. The number of halogens is 1. The summed E-state index contributed by atoms with van der Waals surface area (Å²) in [6.45, 7) is 10.6. The number of carbonyl (C=O) groups is 1. The number of aliphatic hydroxyl groups is 1. The number of nitrogens with zero attached hydrogens (tertiary/aromatic N) is 3. The van der Waals surface area contributed by atoms with Crippen LogP contribution in [0.25, 0.3) is 0 Å². The molecule has 0 saturated carbocycles. The van der Waals surface area contributed by atoms with Gasteiger partial charge in [-0.25, -0.2) is 9.79 Å². The molecule has 1 unspecified atom stereocenters. The van der Waals surface area contributed by atoms with Crippen LogP contribution in [0.15, 0.2) is 16.4 Å². The number of hydrogen-bond donors (Lipinski definition) is 3. The molecule has 2 heterocycles. The minimum absolute atomic E-state index is 0.0498. The number of aliphatic hydroxyl groups excluding tert-OH is 1. The van der Waals surface area contributed by atoms with E-state index in [2.05, 4.69) is 10.3 Å². The van der Waals surface area contributed by atoms with Gasteiger partial charge in [0.15, 0.2) is 0 Å². The zero-order chi connectivity index (χ0) is 18.3. The number of nitrogens with one attached hydrogen (secondary N) is 1. The summed E-state index contributed by atoms with van der Waals surface area (Å²) >= 11 is 6.45. The summed E-state index contributed by atoms with van der Waals surface area (Å²) in [6.07, 6.45) is -0.340. The highest BCUT2D eigenvalue weighted by atomic mass is 35.5. The lowest BCUT2D eigenvalue weighted by Crippen LogP contribution is -2.60. The van der Waals surface area contributed by atoms with Crippen molar-refractivity contribution in [3.63, 3.8) is 0 Å². The second-order valence-electron chi connectivity index (χ2n) is 7.96. The van der Waals surface area contributed by atoms with E-state index in [0.717, 1.165) is 5.57 Å². The Balaban J connectivity index is 2.44. The Kier molecular flexibility index (Phi) is 5.06. The highest BCUT2D eigenvalue weighted by Gasteiger charge is 2.42. The smallest absolute Gasteiger partial charge is 0.407 e. The third kappa shape index (κ3) is 3.78. The molecule has 0 aromatic heterocycles. The molecule has 1 fully saturated rings. The van der Waals surface area contributed by atoms with Crippen LogP contribution in [-0.4, -0.2) is 68.2 Å². The summed E-state index contributed by atoms with van der Waals surface area (Å²) in [5, 5.41) is 22.5. The summed E-state index contributed by atoms with van der Waals surface area (Å²) in [7, 11) is 0. The lowest BCUT2D eigenvalue weighted by Gasteiger charge is -2.49. The van der Waals surface area contributed by atoms with E-state index < -0.39 is 11.6 Å². The number of amides is 1. The van der Waals surface area contributed by atoms with Crippen LogP contribution in [-0.2, 0) is 0 Å². The van der Waals surface area contributed by atoms with Gasteiger partial charge in [-0.05, 0) is 58.2 Å². The van der Waals surface area contributed by atoms with Crippen molar-refractivity contribution in [2.75, 3.05) is 19.7 Å². The predicted molar refractivity (Wildman–Crippen MR) is 94.2 cm³/mol. The van der Waals surface area contributed by atoms with Crippen molar-refractivity contribution >= 4 is 23.0 Å². The van der Waals surface area contributed by atoms with Crippen molar-refractivity contribution in [3.05, 3.63) is 11.4 Å². The van der Waals surface area contributed by atoms with Crippen LogP contribution in [0.5, 0.6) is 0 Å². The monoisotopic (exact) mass is 358 g/mol. The molecular formula is C16H27ClN4O3. The van der Waals surface area contributed by atoms with Gasteiger partial charge in [0.2, 0.25) is 5.29 Å². The molecule has 2 aliphatic rings. The van der Waals surface area contributed by atoms with E-state index in [9.17, 15) is 15.0 Å². The molecule has 0 aromatic rings. The number of hydrogen-bond acceptors (Lipinski definition) is 5. The van der Waals surface area contributed by atoms with Gasteiger partial charge in [-0.1, -0.05) is 0 Å². The Morgan fingerprint density at radius 2 is 2.00 bits per heavy atom. The molecule has 136 valence electrons. The van der Waals surface area contributed by atoms with Crippen LogP contribution in [0.3, 0.4) is 0 Å². The van der Waals surface area contributed by atoms with Gasteiger partial charge in [-0.3, -0.25) is 0 Å². The molecule has 2 aliphatic heterocycles. The van der Waals surface area contributed by atoms with Gasteiger partial charge in [-0.2, -0.15) is 0 Å². The maximum atomic E-state index is 11.4. The second-order valence-corrected chi connectivity index (χ2v) is 8.29. The van der Waals surface area contributed by atoms with Crippen LogP contribution in [0, 0.1) is 0 Å². The Morgan fingerprint density at radius 1 is 1.38 bits per heavy atom. The highest BCUT2D eigenvalue weighted by Crippen LogP contribution is 2.34. The normalized spacial score (nSPS) is 22.3. The van der Waals surface area contributed by atoms with Gasteiger partial charge in [-0.15, -0.1) is 0 Å². The molecule has 2 rings (SSSR count). The third-order valence-electron chi connectivity index (χ3n) is 4.31. The fourth-order valence-electron chi connectivity index (χ4n) is 3.08. The molecule has 0 bridgehead atoms. The van der Waals surface area contributed by atoms with E-state index in [1.807, 2.05) is 39.5 Å². The van der Waals surface area contributed by atoms with E-state index in [4.69, 9.17) is 11.6 Å². The van der Waals surface area contributed by atoms with Crippen molar-refractivity contribution in [1.82, 2.24) is 15.1 Å². The maximum Gasteiger partial charge on any atom is 0.407 e. The molecular weight excluding hydrogens is 332 g/mol. The number of rotatable bonds is 3. The summed E-state index contributed by atoms with van der Waals surface area (Å²) < 4.78 is 0. The Labute approximate surface area is 148 Å². The number of aliphatic imine (C=N–C) groups is 1. The van der Waals surface area contributed by atoms with Gasteiger partial charge in [0, 0.05) is 18.6 Å². The van der Waals surface area contributed by atoms with Gasteiger partial charge in [0.05, 0.1) is 18.2 Å². The third-order valence-corrected chi connectivity index (χ3v) is 4.58. The van der Waals surface area contributed by atoms with E-state index in [-0.39, 0.29) is 18.2 Å². The molecule has 1 atom stereocenters. The maximum absolute atomic E-state index is 11.4. The zero-order valence-electron chi connectivity index (χ0n) is 14.9. The van der Waals surface area contributed by atoms with Gasteiger partial charge < -0.3 is 25.3 Å². The number of amidine groups is 1. The summed E-state index contributed by atoms with van der Waals surface area (Å²) in [4.78, 5) is 19.3. The molecule has 0 aliphatic carbocycles. The lowest BCUT2D eigenvalue weighted by molar-refractivity contribution is 0.102. The first-order chi connectivity index (χ1) is 11.0. The minimum atomic E-state index is -0.924. The van der Waals surface area contributed by atoms with E-state index in [1.54, 1.807) is 0 Å². The van der Waals surface area contributed by atoms with E-state index in [0.29, 0.717) is 30.6 Å². The first-order valence-electron chi connectivity index (χ1n) is 8.10. The minimum Gasteiger partial charge on any atom is -0.465 e. The molecule has 0 radical (unpaired) electrons. The summed E-state index contributed by atoms with van der Waals surface area (Å²) in [6, 6.07) is -0.170. The number of piperidine rings is 1. The largest absolute Gasteiger partial charge is 0.465 e. The van der Waals surface area contributed by atoms with Crippen LogP contribution in [0.2, 0.25) is 0 Å². The van der Waals surface area contributed by atoms with Gasteiger partial charge in [0.25, 0.3) is 0 Å². The average Bonchev–Trinajstić information content (AvgIpc) is 2.44. The molecule has 24 heavy (non-hydrogen) atoms. The molecule has 0 aromatic carbocycles. The predicted octanol–water partition coefficient (Wildman–Crippen LogP) is 2.02. The molecule has 1 amide bonds. The lowest BCUT2D eigenvalue weighted by atomic mass is 9.91. The average molecular weight is 359 g/mol. The molecule has 7 nitrogen and oxygen atoms in total. The first kappa shape index (κ1) is 18.9. The van der Waals surface area contributed by atoms with E-state index in [1.165, 1.54) is 4.90 Å². The van der Waals surface area contributed by atoms with Crippen molar-refractivity contribution < 1.29 is 15.0 Å². The Bertz CT molecular complexity index is 580. The van der Waals surface area contributed by atoms with Crippen molar-refractivity contribution in [1.29, 1.82) is 0 Å². The van der Waals surface area contributed by atoms with Gasteiger partial charge in [0.1, 0.15) is 5.82 Å². The molecule has 1 saturated heterocycles. The van der Waals surface area contributed by atoms with Crippen molar-refractivity contribution in [2.24, 2.45) is 4.99 Å².